The first-order valence-electron chi connectivity index (χ1n) is 11.0. The van der Waals surface area contributed by atoms with Crippen LogP contribution >= 0.6 is 15.9 Å². The van der Waals surface area contributed by atoms with Gasteiger partial charge >= 0.3 is 0 Å². The topological polar surface area (TPSA) is 64.5 Å². The van der Waals surface area contributed by atoms with Gasteiger partial charge in [0.05, 0.1) is 11.2 Å². The maximum atomic E-state index is 11.1. The van der Waals surface area contributed by atoms with Gasteiger partial charge in [0.1, 0.15) is 11.3 Å². The molecule has 0 unspecified atom stereocenters. The largest absolute Gasteiger partial charge is 0.507 e. The molecule has 0 saturated carbocycles. The van der Waals surface area contributed by atoms with E-state index in [-0.39, 0.29) is 0 Å². The molecule has 0 radical (unpaired) electrons. The average Bonchev–Trinajstić information content (AvgIpc) is 2.78. The third-order valence-electron chi connectivity index (χ3n) is 5.67. The lowest BCUT2D eigenvalue weighted by Crippen LogP contribution is -2.24. The molecule has 0 atom stereocenters. The van der Waals surface area contributed by atoms with Crippen LogP contribution < -0.4 is 5.32 Å². The Morgan fingerprint density at radius 2 is 1.48 bits per heavy atom. The summed E-state index contributed by atoms with van der Waals surface area (Å²) in [5.74, 6) is 0.394. The van der Waals surface area contributed by atoms with E-state index in [0.29, 0.717) is 18.8 Å². The van der Waals surface area contributed by atoms with Crippen LogP contribution in [0.3, 0.4) is 0 Å². The van der Waals surface area contributed by atoms with Crippen LogP contribution in [0, 0.1) is 0 Å². The van der Waals surface area contributed by atoms with Gasteiger partial charge in [0, 0.05) is 46.8 Å². The molecule has 0 spiro atoms. The molecule has 0 aliphatic heterocycles. The van der Waals surface area contributed by atoms with Crippen molar-refractivity contribution in [3.8, 4) is 5.75 Å². The molecule has 166 valence electrons. The predicted octanol–water partition coefficient (Wildman–Crippen LogP) is 5.53. The number of phenols is 1. The van der Waals surface area contributed by atoms with E-state index in [1.54, 1.807) is 12.4 Å². The Morgan fingerprint density at radius 3 is 2.03 bits per heavy atom. The first kappa shape index (κ1) is 23.4. The fourth-order valence-corrected chi connectivity index (χ4v) is 4.03. The van der Waals surface area contributed by atoms with Crippen molar-refractivity contribution in [3.63, 3.8) is 0 Å². The molecule has 2 aromatic heterocycles. The van der Waals surface area contributed by atoms with E-state index in [1.165, 1.54) is 0 Å². The summed E-state index contributed by atoms with van der Waals surface area (Å²) < 4.78 is 0.900. The summed E-state index contributed by atoms with van der Waals surface area (Å²) in [7, 11) is 0. The fourth-order valence-electron chi connectivity index (χ4n) is 3.71. The summed E-state index contributed by atoms with van der Waals surface area (Å²) in [6.45, 7) is 13.8. The molecule has 7 heteroatoms. The SMILES string of the molecule is CCN(CC)Cc1cc(Nc2ccnc3cc(Br)cnc23)cc(CN(CC)CC)c1O. The van der Waals surface area contributed by atoms with Crippen molar-refractivity contribution in [1.82, 2.24) is 19.8 Å². The average molecular weight is 486 g/mol. The first-order chi connectivity index (χ1) is 15.0. The van der Waals surface area contributed by atoms with Crippen molar-refractivity contribution in [2.45, 2.75) is 40.8 Å². The smallest absolute Gasteiger partial charge is 0.124 e. The molecule has 6 nitrogen and oxygen atoms in total. The number of anilines is 2. The standard InChI is InChI=1S/C24H32BrN5O/c1-5-29(6-2)15-17-11-20(12-18(24(17)31)16-30(7-3)8-4)28-21-9-10-26-22-13-19(25)14-27-23(21)22/h9-14,31H,5-8,15-16H2,1-4H3,(H,26,28). The number of nitrogens with one attached hydrogen (secondary N) is 1. The van der Waals surface area contributed by atoms with Crippen LogP contribution in [0.2, 0.25) is 0 Å². The summed E-state index contributed by atoms with van der Waals surface area (Å²) >= 11 is 3.46. The van der Waals surface area contributed by atoms with Gasteiger partial charge in [-0.25, -0.2) is 0 Å². The van der Waals surface area contributed by atoms with Crippen molar-refractivity contribution >= 4 is 38.3 Å². The second-order valence-corrected chi connectivity index (χ2v) is 8.49. The quantitative estimate of drug-likeness (QED) is 0.368. The highest BCUT2D eigenvalue weighted by molar-refractivity contribution is 9.10. The predicted molar refractivity (Wildman–Crippen MR) is 132 cm³/mol. The molecule has 2 N–H and O–H groups in total. The number of hydrogen-bond acceptors (Lipinski definition) is 6. The van der Waals surface area contributed by atoms with E-state index in [4.69, 9.17) is 0 Å². The first-order valence-corrected chi connectivity index (χ1v) is 11.7. The number of pyridine rings is 2. The number of hydrogen-bond donors (Lipinski definition) is 2. The van der Waals surface area contributed by atoms with Crippen molar-refractivity contribution in [2.24, 2.45) is 0 Å². The summed E-state index contributed by atoms with van der Waals surface area (Å²) in [6, 6.07) is 7.99. The Labute approximate surface area is 193 Å². The molecule has 3 aromatic rings. The zero-order chi connectivity index (χ0) is 22.4. The van der Waals surface area contributed by atoms with Crippen LogP contribution in [-0.2, 0) is 13.1 Å². The molecule has 0 aliphatic rings. The molecule has 0 saturated heterocycles. The molecule has 1 aromatic carbocycles. The Bertz CT molecular complexity index is 983. The lowest BCUT2D eigenvalue weighted by molar-refractivity contribution is 0.281. The van der Waals surface area contributed by atoms with Crippen LogP contribution in [0.5, 0.6) is 5.75 Å². The zero-order valence-electron chi connectivity index (χ0n) is 18.8. The highest BCUT2D eigenvalue weighted by Gasteiger charge is 2.15. The van der Waals surface area contributed by atoms with E-state index in [9.17, 15) is 5.11 Å². The Kier molecular flexibility index (Phi) is 8.23. The second-order valence-electron chi connectivity index (χ2n) is 7.57. The molecule has 31 heavy (non-hydrogen) atoms. The fraction of sp³-hybridized carbons (Fsp3) is 0.417. The Balaban J connectivity index is 2.02. The molecule has 0 aliphatic carbocycles. The van der Waals surface area contributed by atoms with E-state index in [0.717, 1.165) is 64.2 Å². The van der Waals surface area contributed by atoms with Crippen LogP contribution in [0.1, 0.15) is 38.8 Å². The van der Waals surface area contributed by atoms with Crippen LogP contribution in [-0.4, -0.2) is 51.1 Å². The third kappa shape index (κ3) is 5.73. The normalized spacial score (nSPS) is 11.6. The maximum Gasteiger partial charge on any atom is 0.124 e. The molecule has 0 amide bonds. The number of benzene rings is 1. The highest BCUT2D eigenvalue weighted by atomic mass is 79.9. The van der Waals surface area contributed by atoms with Gasteiger partial charge in [-0.2, -0.15) is 0 Å². The van der Waals surface area contributed by atoms with Gasteiger partial charge in [-0.05, 0) is 66.4 Å². The minimum atomic E-state index is 0.394. The maximum absolute atomic E-state index is 11.1. The summed E-state index contributed by atoms with van der Waals surface area (Å²) in [5, 5.41) is 14.6. The van der Waals surface area contributed by atoms with E-state index < -0.39 is 0 Å². The van der Waals surface area contributed by atoms with Crippen molar-refractivity contribution < 1.29 is 5.11 Å². The summed E-state index contributed by atoms with van der Waals surface area (Å²) in [4.78, 5) is 13.6. The van der Waals surface area contributed by atoms with Crippen LogP contribution in [0.4, 0.5) is 11.4 Å². The monoisotopic (exact) mass is 485 g/mol. The number of rotatable bonds is 10. The van der Waals surface area contributed by atoms with E-state index >= 15 is 0 Å². The molecule has 3 rings (SSSR count). The van der Waals surface area contributed by atoms with Gasteiger partial charge < -0.3 is 10.4 Å². The van der Waals surface area contributed by atoms with Crippen molar-refractivity contribution in [3.05, 3.63) is 52.3 Å². The van der Waals surface area contributed by atoms with Gasteiger partial charge in [0.25, 0.3) is 0 Å². The molecule has 0 fully saturated rings. The molecule has 2 heterocycles. The van der Waals surface area contributed by atoms with Gasteiger partial charge in [-0.3, -0.25) is 19.8 Å². The molecular formula is C24H32BrN5O. The Morgan fingerprint density at radius 1 is 0.903 bits per heavy atom. The van der Waals surface area contributed by atoms with Crippen molar-refractivity contribution in [2.75, 3.05) is 31.5 Å². The number of phenolic OH excluding ortho intramolecular Hbond substituents is 1. The van der Waals surface area contributed by atoms with E-state index in [1.807, 2.05) is 24.3 Å². The number of halogens is 1. The molecular weight excluding hydrogens is 454 g/mol. The number of fused-ring (bicyclic) bond motifs is 1. The number of nitrogens with zero attached hydrogens (tertiary/aromatic N) is 4. The van der Waals surface area contributed by atoms with Crippen LogP contribution in [0.25, 0.3) is 11.0 Å². The highest BCUT2D eigenvalue weighted by Crippen LogP contribution is 2.32. The van der Waals surface area contributed by atoms with Gasteiger partial charge in [-0.15, -0.1) is 0 Å². The lowest BCUT2D eigenvalue weighted by atomic mass is 10.0. The van der Waals surface area contributed by atoms with E-state index in [2.05, 4.69) is 68.7 Å². The minimum Gasteiger partial charge on any atom is -0.507 e. The minimum absolute atomic E-state index is 0.394. The third-order valence-corrected chi connectivity index (χ3v) is 6.10. The van der Waals surface area contributed by atoms with Gasteiger partial charge in [0.2, 0.25) is 0 Å². The zero-order valence-corrected chi connectivity index (χ0v) is 20.4. The van der Waals surface area contributed by atoms with Crippen molar-refractivity contribution in [1.29, 1.82) is 0 Å². The number of aromatic nitrogens is 2. The summed E-state index contributed by atoms with van der Waals surface area (Å²) in [5.41, 5.74) is 5.35. The second kappa shape index (κ2) is 10.9. The number of aromatic hydroxyl groups is 1. The lowest BCUT2D eigenvalue weighted by Gasteiger charge is -2.23. The van der Waals surface area contributed by atoms with Gasteiger partial charge in [0.15, 0.2) is 0 Å². The Hall–Kier alpha value is -2.22. The summed E-state index contributed by atoms with van der Waals surface area (Å²) in [6.07, 6.45) is 3.57. The van der Waals surface area contributed by atoms with Crippen LogP contribution in [0.15, 0.2) is 41.1 Å². The van der Waals surface area contributed by atoms with Gasteiger partial charge in [-0.1, -0.05) is 27.7 Å². The molecule has 0 bridgehead atoms.